The lowest BCUT2D eigenvalue weighted by atomic mass is 10.2. The van der Waals surface area contributed by atoms with Gasteiger partial charge in [0.15, 0.2) is 0 Å². The molecule has 0 saturated heterocycles. The third-order valence-corrected chi connectivity index (χ3v) is 3.01. The fraction of sp³-hybridized carbons (Fsp3) is 0.467. The molecule has 0 aliphatic rings. The number of nitrogens with zero attached hydrogens (tertiary/aromatic N) is 3. The molecule has 1 aromatic heterocycles. The summed E-state index contributed by atoms with van der Waals surface area (Å²) in [4.78, 5) is 4.19. The average Bonchev–Trinajstić information content (AvgIpc) is 2.88. The summed E-state index contributed by atoms with van der Waals surface area (Å²) >= 11 is 0. The normalized spacial score (nSPS) is 12.3. The van der Waals surface area contributed by atoms with Crippen molar-refractivity contribution in [2.75, 3.05) is 6.61 Å². The van der Waals surface area contributed by atoms with Crippen molar-refractivity contribution >= 4 is 0 Å². The summed E-state index contributed by atoms with van der Waals surface area (Å²) in [6.45, 7) is 3.42. The highest BCUT2D eigenvalue weighted by Crippen LogP contribution is 2.10. The van der Waals surface area contributed by atoms with Gasteiger partial charge in [-0.2, -0.15) is 5.10 Å². The van der Waals surface area contributed by atoms with E-state index in [1.807, 2.05) is 35.0 Å². The average molecular weight is 275 g/mol. The second-order valence-electron chi connectivity index (χ2n) is 4.71. The van der Waals surface area contributed by atoms with Crippen molar-refractivity contribution in [3.05, 3.63) is 42.5 Å². The van der Waals surface area contributed by atoms with Crippen LogP contribution in [-0.4, -0.2) is 32.6 Å². The zero-order valence-corrected chi connectivity index (χ0v) is 11.8. The molecule has 2 aromatic rings. The zero-order valence-electron chi connectivity index (χ0n) is 11.8. The minimum Gasteiger partial charge on any atom is -0.493 e. The van der Waals surface area contributed by atoms with Gasteiger partial charge in [0.2, 0.25) is 0 Å². The van der Waals surface area contributed by atoms with Gasteiger partial charge in [0.1, 0.15) is 17.9 Å². The lowest BCUT2D eigenvalue weighted by molar-refractivity contribution is 0.136. The molecule has 20 heavy (non-hydrogen) atoms. The Kier molecular flexibility index (Phi) is 5.55. The van der Waals surface area contributed by atoms with Gasteiger partial charge in [-0.05, 0) is 18.6 Å². The van der Waals surface area contributed by atoms with Gasteiger partial charge in [-0.15, -0.1) is 0 Å². The number of hydrogen-bond donors (Lipinski definition) is 1. The Hall–Kier alpha value is -1.88. The third-order valence-electron chi connectivity index (χ3n) is 3.01. The molecular formula is C15H21N3O2. The molecule has 0 aliphatic carbocycles. The molecule has 0 radical (unpaired) electrons. The van der Waals surface area contributed by atoms with Crippen molar-refractivity contribution in [2.24, 2.45) is 0 Å². The Labute approximate surface area is 119 Å². The monoisotopic (exact) mass is 275 g/mol. The number of para-hydroxylation sites is 1. The van der Waals surface area contributed by atoms with Crippen molar-refractivity contribution in [3.63, 3.8) is 0 Å². The van der Waals surface area contributed by atoms with Crippen molar-refractivity contribution < 1.29 is 9.84 Å². The van der Waals surface area contributed by atoms with Crippen molar-refractivity contribution in [3.8, 4) is 5.75 Å². The highest BCUT2D eigenvalue weighted by atomic mass is 16.5. The molecule has 0 aliphatic heterocycles. The van der Waals surface area contributed by atoms with Crippen LogP contribution in [0.3, 0.4) is 0 Å². The minimum absolute atomic E-state index is 0.460. The number of ether oxygens (including phenoxy) is 1. The zero-order chi connectivity index (χ0) is 14.2. The highest BCUT2D eigenvalue weighted by molar-refractivity contribution is 5.20. The lowest BCUT2D eigenvalue weighted by Crippen LogP contribution is -2.18. The van der Waals surface area contributed by atoms with Crippen LogP contribution in [0, 0.1) is 0 Å². The van der Waals surface area contributed by atoms with E-state index in [2.05, 4.69) is 17.0 Å². The van der Waals surface area contributed by atoms with Crippen LogP contribution in [0.25, 0.3) is 0 Å². The van der Waals surface area contributed by atoms with Crippen LogP contribution in [0.1, 0.15) is 25.6 Å². The molecule has 1 aromatic carbocycles. The predicted molar refractivity (Wildman–Crippen MR) is 76.6 cm³/mol. The van der Waals surface area contributed by atoms with E-state index < -0.39 is 6.10 Å². The predicted octanol–water partition coefficient (Wildman–Crippen LogP) is 2.06. The number of aryl methyl sites for hydroxylation is 1. The summed E-state index contributed by atoms with van der Waals surface area (Å²) in [5.41, 5.74) is 0. The van der Waals surface area contributed by atoms with Gasteiger partial charge in [-0.3, -0.25) is 4.68 Å². The molecule has 0 saturated carbocycles. The first-order valence-electron chi connectivity index (χ1n) is 7.02. The fourth-order valence-electron chi connectivity index (χ4n) is 1.99. The van der Waals surface area contributed by atoms with Crippen LogP contribution in [0.2, 0.25) is 0 Å². The maximum absolute atomic E-state index is 10.0. The van der Waals surface area contributed by atoms with E-state index in [0.717, 1.165) is 24.5 Å². The second kappa shape index (κ2) is 7.65. The van der Waals surface area contributed by atoms with E-state index in [-0.39, 0.29) is 0 Å². The quantitative estimate of drug-likeness (QED) is 0.801. The van der Waals surface area contributed by atoms with Gasteiger partial charge in [-0.1, -0.05) is 25.1 Å². The number of rotatable bonds is 8. The Balaban J connectivity index is 1.75. The Bertz CT molecular complexity index is 499. The molecule has 0 amide bonds. The third kappa shape index (κ3) is 4.35. The van der Waals surface area contributed by atoms with Crippen LogP contribution < -0.4 is 4.74 Å². The summed E-state index contributed by atoms with van der Waals surface area (Å²) in [6.07, 6.45) is 3.17. The Morgan fingerprint density at radius 1 is 1.30 bits per heavy atom. The summed E-state index contributed by atoms with van der Waals surface area (Å²) in [5.74, 6) is 1.66. The summed E-state index contributed by atoms with van der Waals surface area (Å²) in [6, 6.07) is 9.62. The molecule has 5 heteroatoms. The number of hydrogen-bond acceptors (Lipinski definition) is 4. The fourth-order valence-corrected chi connectivity index (χ4v) is 1.99. The summed E-state index contributed by atoms with van der Waals surface area (Å²) in [5, 5.41) is 14.2. The molecule has 1 N–H and O–H groups in total. The van der Waals surface area contributed by atoms with Crippen LogP contribution in [0.5, 0.6) is 5.75 Å². The standard InChI is InChI=1S/C15H21N3O2/c1-2-9-18-15(16-12-17-18)11-13(19)8-10-20-14-6-4-3-5-7-14/h3-7,12-13,19H,2,8-11H2,1H3. The van der Waals surface area contributed by atoms with Crippen LogP contribution in [-0.2, 0) is 13.0 Å². The molecule has 5 nitrogen and oxygen atoms in total. The van der Waals surface area contributed by atoms with E-state index in [0.29, 0.717) is 19.4 Å². The first kappa shape index (κ1) is 14.5. The molecule has 1 unspecified atom stereocenters. The van der Waals surface area contributed by atoms with E-state index in [9.17, 15) is 5.11 Å². The SMILES string of the molecule is CCCn1ncnc1CC(O)CCOc1ccccc1. The molecule has 0 bridgehead atoms. The van der Waals surface area contributed by atoms with E-state index in [1.54, 1.807) is 0 Å². The van der Waals surface area contributed by atoms with E-state index >= 15 is 0 Å². The van der Waals surface area contributed by atoms with Crippen molar-refractivity contribution in [1.82, 2.24) is 14.8 Å². The van der Waals surface area contributed by atoms with Crippen molar-refractivity contribution in [1.29, 1.82) is 0 Å². The smallest absolute Gasteiger partial charge is 0.138 e. The van der Waals surface area contributed by atoms with Gasteiger partial charge in [0.05, 0.1) is 12.7 Å². The largest absolute Gasteiger partial charge is 0.493 e. The second-order valence-corrected chi connectivity index (χ2v) is 4.71. The maximum atomic E-state index is 10.0. The minimum atomic E-state index is -0.460. The first-order valence-corrected chi connectivity index (χ1v) is 7.02. The van der Waals surface area contributed by atoms with Crippen LogP contribution in [0.15, 0.2) is 36.7 Å². The topological polar surface area (TPSA) is 60.2 Å². The van der Waals surface area contributed by atoms with E-state index in [4.69, 9.17) is 4.74 Å². The maximum Gasteiger partial charge on any atom is 0.138 e. The Morgan fingerprint density at radius 2 is 2.10 bits per heavy atom. The van der Waals surface area contributed by atoms with Gasteiger partial charge in [0, 0.05) is 19.4 Å². The molecule has 0 spiro atoms. The van der Waals surface area contributed by atoms with Gasteiger partial charge < -0.3 is 9.84 Å². The van der Waals surface area contributed by atoms with Gasteiger partial charge in [-0.25, -0.2) is 4.98 Å². The molecule has 1 heterocycles. The van der Waals surface area contributed by atoms with Crippen LogP contribution >= 0.6 is 0 Å². The van der Waals surface area contributed by atoms with Gasteiger partial charge >= 0.3 is 0 Å². The molecule has 2 rings (SSSR count). The van der Waals surface area contributed by atoms with E-state index in [1.165, 1.54) is 6.33 Å². The number of benzene rings is 1. The number of aliphatic hydroxyl groups is 1. The highest BCUT2D eigenvalue weighted by Gasteiger charge is 2.11. The summed E-state index contributed by atoms with van der Waals surface area (Å²) in [7, 11) is 0. The molecule has 0 fully saturated rings. The van der Waals surface area contributed by atoms with Crippen LogP contribution in [0.4, 0.5) is 0 Å². The Morgan fingerprint density at radius 3 is 2.85 bits per heavy atom. The van der Waals surface area contributed by atoms with Gasteiger partial charge in [0.25, 0.3) is 0 Å². The first-order chi connectivity index (χ1) is 9.79. The number of aliphatic hydroxyl groups excluding tert-OH is 1. The molecule has 1 atom stereocenters. The molecule has 108 valence electrons. The molecular weight excluding hydrogens is 254 g/mol. The summed E-state index contributed by atoms with van der Waals surface area (Å²) < 4.78 is 7.42. The van der Waals surface area contributed by atoms with Crippen molar-refractivity contribution in [2.45, 2.75) is 38.8 Å². The number of aromatic nitrogens is 3. The lowest BCUT2D eigenvalue weighted by Gasteiger charge is -2.12.